The van der Waals surface area contributed by atoms with Crippen molar-refractivity contribution in [2.75, 3.05) is 0 Å². The molecule has 1 aromatic heterocycles. The highest BCUT2D eigenvalue weighted by Crippen LogP contribution is 2.39. The molecule has 18 heavy (non-hydrogen) atoms. The van der Waals surface area contributed by atoms with Crippen molar-refractivity contribution in [3.63, 3.8) is 0 Å². The molecule has 1 saturated carbocycles. The largest absolute Gasteiger partial charge is 0.348 e. The third-order valence-electron chi connectivity index (χ3n) is 4.27. The van der Waals surface area contributed by atoms with Crippen molar-refractivity contribution in [3.8, 4) is 0 Å². The Morgan fingerprint density at radius 1 is 1.50 bits per heavy atom. The second-order valence-electron chi connectivity index (χ2n) is 5.77. The van der Waals surface area contributed by atoms with Crippen LogP contribution in [-0.4, -0.2) is 11.4 Å². The summed E-state index contributed by atoms with van der Waals surface area (Å²) in [6.07, 6.45) is 5.53. The Morgan fingerprint density at radius 3 is 3.00 bits per heavy atom. The van der Waals surface area contributed by atoms with Crippen LogP contribution in [0.15, 0.2) is 11.4 Å². The molecule has 0 spiro atoms. The van der Waals surface area contributed by atoms with Crippen molar-refractivity contribution < 1.29 is 4.79 Å². The third-order valence-corrected chi connectivity index (χ3v) is 5.27. The molecule has 3 nitrogen and oxygen atoms in total. The van der Waals surface area contributed by atoms with Crippen LogP contribution in [0.1, 0.15) is 49.1 Å². The Balaban J connectivity index is 1.73. The van der Waals surface area contributed by atoms with E-state index in [0.717, 1.165) is 32.1 Å². The van der Waals surface area contributed by atoms with Crippen molar-refractivity contribution in [2.24, 2.45) is 11.7 Å². The first-order valence-electron chi connectivity index (χ1n) is 6.75. The van der Waals surface area contributed by atoms with Crippen LogP contribution >= 0.6 is 11.3 Å². The van der Waals surface area contributed by atoms with E-state index < -0.39 is 5.54 Å². The maximum absolute atomic E-state index is 12.3. The summed E-state index contributed by atoms with van der Waals surface area (Å²) in [6, 6.07) is 2.32. The van der Waals surface area contributed by atoms with E-state index in [1.165, 1.54) is 10.4 Å². The van der Waals surface area contributed by atoms with Crippen LogP contribution in [0.5, 0.6) is 0 Å². The van der Waals surface area contributed by atoms with Gasteiger partial charge < -0.3 is 11.1 Å². The van der Waals surface area contributed by atoms with E-state index >= 15 is 0 Å². The van der Waals surface area contributed by atoms with Crippen molar-refractivity contribution in [3.05, 3.63) is 21.9 Å². The lowest BCUT2D eigenvalue weighted by atomic mass is 9.91. The van der Waals surface area contributed by atoms with E-state index in [1.54, 1.807) is 11.3 Å². The second kappa shape index (κ2) is 4.35. The molecule has 0 bridgehead atoms. The van der Waals surface area contributed by atoms with E-state index in [0.29, 0.717) is 5.92 Å². The number of nitrogens with one attached hydrogen (secondary N) is 1. The Kier molecular flexibility index (Phi) is 2.94. The van der Waals surface area contributed by atoms with Crippen LogP contribution in [-0.2, 0) is 11.2 Å². The van der Waals surface area contributed by atoms with Crippen LogP contribution in [0.4, 0.5) is 0 Å². The van der Waals surface area contributed by atoms with Gasteiger partial charge in [0.1, 0.15) is 0 Å². The minimum Gasteiger partial charge on any atom is -0.348 e. The molecular weight excluding hydrogens is 244 g/mol. The zero-order chi connectivity index (χ0) is 12.8. The number of carbonyl (C=O) groups is 1. The van der Waals surface area contributed by atoms with Crippen LogP contribution in [0.3, 0.4) is 0 Å². The first-order chi connectivity index (χ1) is 8.59. The first kappa shape index (κ1) is 12.2. The minimum atomic E-state index is -0.687. The van der Waals surface area contributed by atoms with Crippen LogP contribution in [0.25, 0.3) is 0 Å². The van der Waals surface area contributed by atoms with Gasteiger partial charge in [0, 0.05) is 4.88 Å². The molecule has 0 saturated heterocycles. The number of amides is 1. The van der Waals surface area contributed by atoms with Crippen LogP contribution in [0.2, 0.25) is 0 Å². The number of thiophene rings is 1. The number of hydrogen-bond acceptors (Lipinski definition) is 3. The number of hydrogen-bond donors (Lipinski definition) is 2. The molecule has 2 aliphatic carbocycles. The second-order valence-corrected chi connectivity index (χ2v) is 6.78. The van der Waals surface area contributed by atoms with Gasteiger partial charge in [0.05, 0.1) is 11.6 Å². The Bertz CT molecular complexity index is 462. The van der Waals surface area contributed by atoms with E-state index in [2.05, 4.69) is 16.8 Å². The lowest BCUT2D eigenvalue weighted by molar-refractivity contribution is -0.127. The third kappa shape index (κ3) is 2.08. The van der Waals surface area contributed by atoms with Gasteiger partial charge in [0.15, 0.2) is 0 Å². The van der Waals surface area contributed by atoms with Crippen molar-refractivity contribution >= 4 is 17.2 Å². The lowest BCUT2D eigenvalue weighted by Gasteiger charge is -2.29. The molecular formula is C14H20N2OS. The summed E-state index contributed by atoms with van der Waals surface area (Å²) in [4.78, 5) is 13.7. The number of fused-ring (bicyclic) bond motifs is 1. The quantitative estimate of drug-likeness (QED) is 0.880. The molecule has 98 valence electrons. The molecule has 3 rings (SSSR count). The summed E-state index contributed by atoms with van der Waals surface area (Å²) in [7, 11) is 0. The summed E-state index contributed by atoms with van der Waals surface area (Å²) in [5, 5.41) is 5.29. The van der Waals surface area contributed by atoms with Crippen molar-refractivity contribution in [1.82, 2.24) is 5.32 Å². The molecule has 0 aromatic carbocycles. The van der Waals surface area contributed by atoms with E-state index in [9.17, 15) is 4.79 Å². The Morgan fingerprint density at radius 2 is 2.28 bits per heavy atom. The van der Waals surface area contributed by atoms with Gasteiger partial charge >= 0.3 is 0 Å². The summed E-state index contributed by atoms with van der Waals surface area (Å²) in [6.45, 7) is 1.87. The number of rotatable bonds is 3. The maximum Gasteiger partial charge on any atom is 0.240 e. The monoisotopic (exact) mass is 264 g/mol. The average Bonchev–Trinajstić information content (AvgIpc) is 3.09. The minimum absolute atomic E-state index is 0.0223. The predicted octanol–water partition coefficient (Wildman–Crippen LogP) is 2.37. The summed E-state index contributed by atoms with van der Waals surface area (Å²) in [5.74, 6) is 0.400. The van der Waals surface area contributed by atoms with Crippen molar-refractivity contribution in [2.45, 2.75) is 50.6 Å². The zero-order valence-corrected chi connectivity index (χ0v) is 11.6. The summed E-state index contributed by atoms with van der Waals surface area (Å²) >= 11 is 1.80. The Hall–Kier alpha value is -0.870. The molecule has 4 heteroatoms. The molecule has 0 radical (unpaired) electrons. The number of nitrogens with two attached hydrogens (primary N) is 1. The highest BCUT2D eigenvalue weighted by molar-refractivity contribution is 7.10. The zero-order valence-electron chi connectivity index (χ0n) is 10.7. The molecule has 1 aromatic rings. The fraction of sp³-hybridized carbons (Fsp3) is 0.643. The number of carbonyl (C=O) groups excluding carboxylic acids is 1. The molecule has 2 atom stereocenters. The smallest absolute Gasteiger partial charge is 0.240 e. The van der Waals surface area contributed by atoms with Gasteiger partial charge in [0.2, 0.25) is 5.91 Å². The van der Waals surface area contributed by atoms with E-state index in [1.807, 2.05) is 6.92 Å². The summed E-state index contributed by atoms with van der Waals surface area (Å²) in [5.41, 5.74) is 6.79. The average molecular weight is 264 g/mol. The topological polar surface area (TPSA) is 55.1 Å². The maximum atomic E-state index is 12.3. The predicted molar refractivity (Wildman–Crippen MR) is 73.5 cm³/mol. The number of aryl methyl sites for hydroxylation is 1. The van der Waals surface area contributed by atoms with Crippen LogP contribution in [0, 0.1) is 5.92 Å². The van der Waals surface area contributed by atoms with E-state index in [4.69, 9.17) is 5.73 Å². The molecule has 2 aliphatic rings. The molecule has 2 unspecified atom stereocenters. The fourth-order valence-corrected chi connectivity index (χ4v) is 3.81. The molecule has 0 aliphatic heterocycles. The summed E-state index contributed by atoms with van der Waals surface area (Å²) < 4.78 is 0. The lowest BCUT2D eigenvalue weighted by Crippen LogP contribution is -2.54. The normalized spacial score (nSPS) is 26.2. The van der Waals surface area contributed by atoms with Gasteiger partial charge in [-0.2, -0.15) is 0 Å². The first-order valence-corrected chi connectivity index (χ1v) is 7.63. The van der Waals surface area contributed by atoms with Gasteiger partial charge in [-0.1, -0.05) is 0 Å². The molecule has 1 amide bonds. The highest BCUT2D eigenvalue weighted by Gasteiger charge is 2.44. The molecule has 1 heterocycles. The highest BCUT2D eigenvalue weighted by atomic mass is 32.1. The van der Waals surface area contributed by atoms with Gasteiger partial charge in [-0.15, -0.1) is 11.3 Å². The van der Waals surface area contributed by atoms with Gasteiger partial charge in [-0.3, -0.25) is 4.79 Å². The van der Waals surface area contributed by atoms with Gasteiger partial charge in [-0.25, -0.2) is 0 Å². The molecule has 3 N–H and O–H groups in total. The SMILES string of the molecule is CC(N)(C(=O)NC1CCCc2sccc21)C1CC1. The van der Waals surface area contributed by atoms with Crippen LogP contribution < -0.4 is 11.1 Å². The standard InChI is InChI=1S/C14H20N2OS/c1-14(15,9-5-6-9)13(17)16-11-3-2-4-12-10(11)7-8-18-12/h7-9,11H,2-6,15H2,1H3,(H,16,17). The van der Waals surface area contributed by atoms with Gasteiger partial charge in [-0.05, 0) is 62.0 Å². The van der Waals surface area contributed by atoms with Crippen molar-refractivity contribution in [1.29, 1.82) is 0 Å². The molecule has 1 fully saturated rings. The van der Waals surface area contributed by atoms with Gasteiger partial charge in [0.25, 0.3) is 0 Å². The fourth-order valence-electron chi connectivity index (χ4n) is 2.82. The Labute approximate surface area is 112 Å². The van der Waals surface area contributed by atoms with E-state index in [-0.39, 0.29) is 11.9 Å².